The number of para-hydroxylation sites is 2. The van der Waals surface area contributed by atoms with Crippen LogP contribution in [0.25, 0.3) is 0 Å². The van der Waals surface area contributed by atoms with Crippen LogP contribution in [0.3, 0.4) is 0 Å². The summed E-state index contributed by atoms with van der Waals surface area (Å²) in [6.07, 6.45) is 6.64. The Bertz CT molecular complexity index is 1610. The first-order chi connectivity index (χ1) is 25.1. The fourth-order valence-corrected chi connectivity index (χ4v) is 5.70. The number of nitrogens with two attached hydrogens (primary N) is 2. The Balaban J connectivity index is 0.000000311. The zero-order chi connectivity index (χ0) is 37.8. The molecule has 0 fully saturated rings. The number of carbonyl (C=O) groups excluding carboxylic acids is 2. The molecule has 12 heteroatoms. The Labute approximate surface area is 304 Å². The molecule has 4 aromatic rings. The molecule has 4 aromatic carbocycles. The van der Waals surface area contributed by atoms with Crippen LogP contribution >= 0.6 is 0 Å². The Hall–Kier alpha value is -5.46. The lowest BCUT2D eigenvalue weighted by Gasteiger charge is -2.31. The van der Waals surface area contributed by atoms with Gasteiger partial charge in [-0.3, -0.25) is 29.8 Å². The van der Waals surface area contributed by atoms with Gasteiger partial charge >= 0.3 is 11.9 Å². The van der Waals surface area contributed by atoms with Gasteiger partial charge in [0.1, 0.15) is 13.2 Å². The van der Waals surface area contributed by atoms with E-state index >= 15 is 0 Å². The summed E-state index contributed by atoms with van der Waals surface area (Å²) in [5.41, 5.74) is 14.3. The van der Waals surface area contributed by atoms with Crippen LogP contribution in [0, 0.1) is 26.1 Å². The maximum atomic E-state index is 12.6. The van der Waals surface area contributed by atoms with Crippen LogP contribution in [0.4, 0.5) is 11.4 Å². The highest BCUT2D eigenvalue weighted by atomic mass is 16.6. The van der Waals surface area contributed by atoms with Crippen molar-refractivity contribution in [1.82, 2.24) is 0 Å². The molecule has 0 saturated heterocycles. The number of hydrogen-bond acceptors (Lipinski definition) is 10. The average Bonchev–Trinajstić information content (AvgIpc) is 3.17. The normalized spacial score (nSPS) is 10.9. The van der Waals surface area contributed by atoms with Crippen LogP contribution in [0.5, 0.6) is 0 Å². The van der Waals surface area contributed by atoms with Crippen LogP contribution in [0.15, 0.2) is 109 Å². The molecular weight excluding hydrogens is 664 g/mol. The van der Waals surface area contributed by atoms with Crippen molar-refractivity contribution in [3.05, 3.63) is 152 Å². The molecule has 0 atom stereocenters. The second-order valence-electron chi connectivity index (χ2n) is 12.3. The number of nitro benzene ring substituents is 2. The molecule has 0 spiro atoms. The van der Waals surface area contributed by atoms with E-state index in [0.29, 0.717) is 6.42 Å². The number of nitrogens with zero attached hydrogens (tertiary/aromatic N) is 2. The third-order valence-corrected chi connectivity index (χ3v) is 8.63. The van der Waals surface area contributed by atoms with Gasteiger partial charge < -0.3 is 20.9 Å². The summed E-state index contributed by atoms with van der Waals surface area (Å²) < 4.78 is 10.4. The molecule has 0 heterocycles. The number of benzene rings is 4. The summed E-state index contributed by atoms with van der Waals surface area (Å²) in [4.78, 5) is 46.3. The zero-order valence-corrected chi connectivity index (χ0v) is 29.6. The van der Waals surface area contributed by atoms with E-state index in [2.05, 4.69) is 48.5 Å². The standard InChI is InChI=1S/C22H24N2O8.C18H24N2/c1-2-3-4-11-18(21(25)31-14-16-9-5-7-12-19(16)23(27)28)22(26)32-15-17-10-6-8-13-20(17)24(29)30;19-15-9-3-8-14-18(20,16-10-4-1-5-11-16)17-12-6-2-7-13-17/h5-10,12-13,18H,2-4,11,14-15H2,1H3;1-2,4-7,10-13H,3,8-9,14-15,19-20H2. The predicted octanol–water partition coefficient (Wildman–Crippen LogP) is 7.89. The maximum Gasteiger partial charge on any atom is 0.320 e. The minimum Gasteiger partial charge on any atom is -0.460 e. The van der Waals surface area contributed by atoms with E-state index in [1.807, 2.05) is 19.1 Å². The first kappa shape index (κ1) is 41.0. The molecule has 0 radical (unpaired) electrons. The van der Waals surface area contributed by atoms with E-state index in [1.165, 1.54) is 47.5 Å². The van der Waals surface area contributed by atoms with Crippen molar-refractivity contribution >= 4 is 23.3 Å². The lowest BCUT2D eigenvalue weighted by molar-refractivity contribution is -0.386. The van der Waals surface area contributed by atoms with Crippen molar-refractivity contribution in [2.75, 3.05) is 6.54 Å². The molecule has 0 saturated carbocycles. The molecule has 276 valence electrons. The number of rotatable bonds is 19. The number of nitro groups is 2. The Morgan fingerprint density at radius 3 is 1.52 bits per heavy atom. The highest BCUT2D eigenvalue weighted by molar-refractivity contribution is 5.94. The van der Waals surface area contributed by atoms with E-state index < -0.39 is 33.2 Å². The van der Waals surface area contributed by atoms with E-state index in [1.54, 1.807) is 12.1 Å². The molecule has 0 aliphatic heterocycles. The Kier molecular flexibility index (Phi) is 17.1. The van der Waals surface area contributed by atoms with Gasteiger partial charge in [-0.05, 0) is 49.1 Å². The van der Waals surface area contributed by atoms with Crippen molar-refractivity contribution in [3.63, 3.8) is 0 Å². The third kappa shape index (κ3) is 12.4. The first-order valence-electron chi connectivity index (χ1n) is 17.5. The fourth-order valence-electron chi connectivity index (χ4n) is 5.70. The van der Waals surface area contributed by atoms with Gasteiger partial charge in [0.25, 0.3) is 11.4 Å². The predicted molar refractivity (Wildman–Crippen MR) is 199 cm³/mol. The second-order valence-corrected chi connectivity index (χ2v) is 12.3. The van der Waals surface area contributed by atoms with Gasteiger partial charge in [0.05, 0.1) is 26.5 Å². The lowest BCUT2D eigenvalue weighted by Crippen LogP contribution is -2.37. The van der Waals surface area contributed by atoms with E-state index in [9.17, 15) is 29.8 Å². The van der Waals surface area contributed by atoms with Gasteiger partial charge in [-0.1, -0.05) is 124 Å². The fraction of sp³-hybridized carbons (Fsp3) is 0.350. The molecular formula is C40H48N4O8. The molecule has 0 unspecified atom stereocenters. The number of esters is 2. The molecule has 0 aliphatic carbocycles. The van der Waals surface area contributed by atoms with Gasteiger partial charge in [-0.25, -0.2) is 0 Å². The molecule has 0 aromatic heterocycles. The van der Waals surface area contributed by atoms with Crippen LogP contribution in [-0.2, 0) is 37.8 Å². The second kappa shape index (κ2) is 21.7. The van der Waals surface area contributed by atoms with Crippen LogP contribution < -0.4 is 11.5 Å². The SMILES string of the molecule is CCCCCC(C(=O)OCc1ccccc1[N+](=O)[O-])C(=O)OCc1ccccc1[N+](=O)[O-].NCCCCCC(N)(c1ccccc1)c1ccccc1. The third-order valence-electron chi connectivity index (χ3n) is 8.63. The largest absolute Gasteiger partial charge is 0.460 e. The summed E-state index contributed by atoms with van der Waals surface area (Å²) in [6, 6.07) is 32.4. The van der Waals surface area contributed by atoms with Crippen molar-refractivity contribution in [1.29, 1.82) is 0 Å². The maximum absolute atomic E-state index is 12.6. The highest BCUT2D eigenvalue weighted by Crippen LogP contribution is 2.32. The highest BCUT2D eigenvalue weighted by Gasteiger charge is 2.31. The molecule has 4 rings (SSSR count). The van der Waals surface area contributed by atoms with E-state index in [4.69, 9.17) is 20.9 Å². The number of unbranched alkanes of at least 4 members (excludes halogenated alkanes) is 4. The van der Waals surface area contributed by atoms with Gasteiger partial charge in [0, 0.05) is 12.1 Å². The molecule has 4 N–H and O–H groups in total. The van der Waals surface area contributed by atoms with Gasteiger partial charge in [0.2, 0.25) is 0 Å². The molecule has 0 bridgehead atoms. The van der Waals surface area contributed by atoms with Crippen LogP contribution in [0.2, 0.25) is 0 Å². The average molecular weight is 713 g/mol. The number of carbonyl (C=O) groups is 2. The summed E-state index contributed by atoms with van der Waals surface area (Å²) in [6.45, 7) is 2.00. The van der Waals surface area contributed by atoms with Gasteiger partial charge in [-0.15, -0.1) is 0 Å². The Morgan fingerprint density at radius 1 is 0.654 bits per heavy atom. The molecule has 52 heavy (non-hydrogen) atoms. The minimum absolute atomic E-state index is 0.180. The van der Waals surface area contributed by atoms with Crippen LogP contribution in [0.1, 0.15) is 80.5 Å². The molecule has 0 aliphatic rings. The van der Waals surface area contributed by atoms with Crippen molar-refractivity contribution < 1.29 is 28.9 Å². The minimum atomic E-state index is -1.23. The summed E-state index contributed by atoms with van der Waals surface area (Å²) in [7, 11) is 0. The number of ether oxygens (including phenoxy) is 2. The smallest absolute Gasteiger partial charge is 0.320 e. The van der Waals surface area contributed by atoms with E-state index in [0.717, 1.165) is 45.1 Å². The first-order valence-corrected chi connectivity index (χ1v) is 17.5. The molecule has 0 amide bonds. The van der Waals surface area contributed by atoms with Crippen molar-refractivity contribution in [2.24, 2.45) is 17.4 Å². The van der Waals surface area contributed by atoms with Gasteiger partial charge in [0.15, 0.2) is 5.92 Å². The quantitative estimate of drug-likeness (QED) is 0.0318. The van der Waals surface area contributed by atoms with Crippen molar-refractivity contribution in [3.8, 4) is 0 Å². The number of hydrogen-bond donors (Lipinski definition) is 2. The molecule has 12 nitrogen and oxygen atoms in total. The van der Waals surface area contributed by atoms with Gasteiger partial charge in [-0.2, -0.15) is 0 Å². The summed E-state index contributed by atoms with van der Waals surface area (Å²) >= 11 is 0. The monoisotopic (exact) mass is 712 g/mol. The van der Waals surface area contributed by atoms with E-state index in [-0.39, 0.29) is 42.1 Å². The zero-order valence-electron chi connectivity index (χ0n) is 29.6. The Morgan fingerprint density at radius 2 is 1.10 bits per heavy atom. The summed E-state index contributed by atoms with van der Waals surface area (Å²) in [5.74, 6) is -2.94. The van der Waals surface area contributed by atoms with Crippen LogP contribution in [-0.4, -0.2) is 28.3 Å². The lowest BCUT2D eigenvalue weighted by atomic mass is 9.80. The summed E-state index contributed by atoms with van der Waals surface area (Å²) in [5, 5.41) is 22.2. The topological polar surface area (TPSA) is 191 Å². The van der Waals surface area contributed by atoms with Crippen molar-refractivity contribution in [2.45, 2.75) is 77.0 Å².